The summed E-state index contributed by atoms with van der Waals surface area (Å²) in [6.07, 6.45) is 0.858. The fourth-order valence-corrected chi connectivity index (χ4v) is 5.68. The molecule has 1 aliphatic heterocycles. The van der Waals surface area contributed by atoms with Gasteiger partial charge in [-0.25, -0.2) is 8.42 Å². The van der Waals surface area contributed by atoms with Gasteiger partial charge in [-0.1, -0.05) is 57.2 Å². The fourth-order valence-electron chi connectivity index (χ4n) is 4.17. The molecule has 0 radical (unpaired) electrons. The second-order valence-electron chi connectivity index (χ2n) is 9.66. The van der Waals surface area contributed by atoms with Crippen molar-refractivity contribution >= 4 is 32.4 Å². The van der Waals surface area contributed by atoms with Gasteiger partial charge in [0.05, 0.1) is 10.6 Å². The molecule has 1 saturated heterocycles. The third kappa shape index (κ3) is 4.89. The molecule has 0 spiro atoms. The molecule has 0 atom stereocenters. The molecule has 7 heteroatoms. The second kappa shape index (κ2) is 8.80. The number of anilines is 1. The van der Waals surface area contributed by atoms with Gasteiger partial charge >= 0.3 is 0 Å². The average Bonchev–Trinajstić information content (AvgIpc) is 2.79. The van der Waals surface area contributed by atoms with Crippen molar-refractivity contribution in [3.63, 3.8) is 0 Å². The van der Waals surface area contributed by atoms with Crippen LogP contribution in [0, 0.1) is 5.92 Å². The van der Waals surface area contributed by atoms with E-state index in [2.05, 4.69) is 26.1 Å². The summed E-state index contributed by atoms with van der Waals surface area (Å²) >= 11 is 0. The van der Waals surface area contributed by atoms with Gasteiger partial charge in [-0.15, -0.1) is 0 Å². The van der Waals surface area contributed by atoms with Crippen LogP contribution in [0.1, 0.15) is 39.2 Å². The Morgan fingerprint density at radius 3 is 2.30 bits per heavy atom. The first-order chi connectivity index (χ1) is 15.6. The number of hydrogen-bond acceptors (Lipinski definition) is 4. The van der Waals surface area contributed by atoms with Gasteiger partial charge in [0.1, 0.15) is 5.75 Å². The molecule has 0 saturated carbocycles. The van der Waals surface area contributed by atoms with Crippen molar-refractivity contribution in [1.29, 1.82) is 0 Å². The van der Waals surface area contributed by atoms with Crippen LogP contribution in [-0.4, -0.2) is 36.8 Å². The smallest absolute Gasteiger partial charge is 0.243 e. The van der Waals surface area contributed by atoms with Crippen molar-refractivity contribution < 1.29 is 18.3 Å². The van der Waals surface area contributed by atoms with Crippen LogP contribution in [0.15, 0.2) is 65.6 Å². The molecule has 0 bridgehead atoms. The minimum Gasteiger partial charge on any atom is -0.506 e. The molecular weight excluding hydrogens is 436 g/mol. The highest BCUT2D eigenvalue weighted by atomic mass is 32.2. The first kappa shape index (κ1) is 23.3. The standard InChI is InChI=1S/C26H30N2O4S/c1-26(2,3)21-9-11-24(29)23(17-21)27-25(30)19-12-14-28(15-13-19)33(31,32)22-10-8-18-6-4-5-7-20(18)16-22/h4-11,16-17,19,29H,12-15H2,1-3H3,(H,27,30). The summed E-state index contributed by atoms with van der Waals surface area (Å²) in [6, 6.07) is 18.1. The summed E-state index contributed by atoms with van der Waals surface area (Å²) in [5.41, 5.74) is 1.28. The van der Waals surface area contributed by atoms with Gasteiger partial charge in [-0.3, -0.25) is 4.79 Å². The number of phenolic OH excluding ortho intramolecular Hbond substituents is 1. The first-order valence-corrected chi connectivity index (χ1v) is 12.6. The van der Waals surface area contributed by atoms with Crippen LogP contribution < -0.4 is 5.32 Å². The van der Waals surface area contributed by atoms with E-state index in [9.17, 15) is 18.3 Å². The van der Waals surface area contributed by atoms with Crippen molar-refractivity contribution in [3.8, 4) is 5.75 Å². The van der Waals surface area contributed by atoms with E-state index in [1.54, 1.807) is 24.3 Å². The lowest BCUT2D eigenvalue weighted by atomic mass is 9.86. The van der Waals surface area contributed by atoms with Gasteiger partial charge in [-0.2, -0.15) is 4.31 Å². The maximum absolute atomic E-state index is 13.2. The zero-order valence-electron chi connectivity index (χ0n) is 19.2. The molecule has 0 aromatic heterocycles. The zero-order valence-corrected chi connectivity index (χ0v) is 20.0. The third-order valence-electron chi connectivity index (χ3n) is 6.30. The van der Waals surface area contributed by atoms with Crippen LogP contribution in [0.5, 0.6) is 5.75 Å². The number of aromatic hydroxyl groups is 1. The van der Waals surface area contributed by atoms with E-state index in [1.807, 2.05) is 36.4 Å². The minimum atomic E-state index is -3.63. The monoisotopic (exact) mass is 466 g/mol. The van der Waals surface area contributed by atoms with E-state index >= 15 is 0 Å². The number of carbonyl (C=O) groups is 1. The molecule has 6 nitrogen and oxygen atoms in total. The molecule has 2 N–H and O–H groups in total. The van der Waals surface area contributed by atoms with Gasteiger partial charge < -0.3 is 10.4 Å². The molecule has 3 aromatic rings. The lowest BCUT2D eigenvalue weighted by molar-refractivity contribution is -0.120. The molecule has 1 aliphatic rings. The average molecular weight is 467 g/mol. The fraction of sp³-hybridized carbons (Fsp3) is 0.346. The summed E-state index contributed by atoms with van der Waals surface area (Å²) in [5, 5.41) is 14.9. The van der Waals surface area contributed by atoms with Gasteiger partial charge in [0.25, 0.3) is 0 Å². The Hall–Kier alpha value is -2.90. The van der Waals surface area contributed by atoms with E-state index in [0.29, 0.717) is 18.5 Å². The molecule has 4 rings (SSSR count). The van der Waals surface area contributed by atoms with E-state index < -0.39 is 10.0 Å². The Balaban J connectivity index is 1.43. The number of amides is 1. The van der Waals surface area contributed by atoms with Crippen LogP contribution in [0.25, 0.3) is 10.8 Å². The number of nitrogens with one attached hydrogen (secondary N) is 1. The number of fused-ring (bicyclic) bond motifs is 1. The summed E-state index contributed by atoms with van der Waals surface area (Å²) in [6.45, 7) is 6.76. The van der Waals surface area contributed by atoms with Crippen molar-refractivity contribution in [2.45, 2.75) is 43.9 Å². The Kier molecular flexibility index (Phi) is 6.20. The molecule has 3 aromatic carbocycles. The number of nitrogens with zero attached hydrogens (tertiary/aromatic N) is 1. The molecule has 174 valence electrons. The quantitative estimate of drug-likeness (QED) is 0.537. The molecule has 0 aliphatic carbocycles. The number of carbonyl (C=O) groups excluding carboxylic acids is 1. The molecular formula is C26H30N2O4S. The Bertz CT molecular complexity index is 1290. The highest BCUT2D eigenvalue weighted by Gasteiger charge is 2.32. The number of sulfonamides is 1. The van der Waals surface area contributed by atoms with Crippen molar-refractivity contribution in [3.05, 3.63) is 66.2 Å². The predicted octanol–water partition coefficient (Wildman–Crippen LogP) is 4.88. The highest BCUT2D eigenvalue weighted by molar-refractivity contribution is 7.89. The van der Waals surface area contributed by atoms with Crippen molar-refractivity contribution in [2.24, 2.45) is 5.92 Å². The second-order valence-corrected chi connectivity index (χ2v) is 11.6. The number of benzene rings is 3. The zero-order chi connectivity index (χ0) is 23.8. The van der Waals surface area contributed by atoms with E-state index in [0.717, 1.165) is 16.3 Å². The SMILES string of the molecule is CC(C)(C)c1ccc(O)c(NC(=O)C2CCN(S(=O)(=O)c3ccc4ccccc4c3)CC2)c1. The van der Waals surface area contributed by atoms with Crippen LogP contribution in [-0.2, 0) is 20.2 Å². The summed E-state index contributed by atoms with van der Waals surface area (Å²) in [5.74, 6) is -0.488. The number of piperidine rings is 1. The highest BCUT2D eigenvalue weighted by Crippen LogP contribution is 2.32. The lowest BCUT2D eigenvalue weighted by Gasteiger charge is -2.30. The third-order valence-corrected chi connectivity index (χ3v) is 8.20. The molecule has 33 heavy (non-hydrogen) atoms. The molecule has 1 fully saturated rings. The number of phenols is 1. The molecule has 0 unspecified atom stereocenters. The van der Waals surface area contributed by atoms with E-state index in [4.69, 9.17) is 0 Å². The van der Waals surface area contributed by atoms with Gasteiger partial charge in [0, 0.05) is 19.0 Å². The number of rotatable bonds is 4. The summed E-state index contributed by atoms with van der Waals surface area (Å²) < 4.78 is 27.8. The topological polar surface area (TPSA) is 86.7 Å². The van der Waals surface area contributed by atoms with Gasteiger partial charge in [-0.05, 0) is 58.9 Å². The maximum Gasteiger partial charge on any atom is 0.243 e. The van der Waals surface area contributed by atoms with Crippen LogP contribution >= 0.6 is 0 Å². The van der Waals surface area contributed by atoms with Crippen LogP contribution in [0.4, 0.5) is 5.69 Å². The molecule has 1 heterocycles. The Morgan fingerprint density at radius 2 is 1.64 bits per heavy atom. The number of hydrogen-bond donors (Lipinski definition) is 2. The maximum atomic E-state index is 13.2. The van der Waals surface area contributed by atoms with E-state index in [1.165, 1.54) is 4.31 Å². The van der Waals surface area contributed by atoms with Crippen molar-refractivity contribution in [2.75, 3.05) is 18.4 Å². The van der Waals surface area contributed by atoms with Gasteiger partial charge in [0.2, 0.25) is 15.9 Å². The van der Waals surface area contributed by atoms with Gasteiger partial charge in [0.15, 0.2) is 0 Å². The largest absolute Gasteiger partial charge is 0.506 e. The Labute approximate surface area is 195 Å². The first-order valence-electron chi connectivity index (χ1n) is 11.2. The van der Waals surface area contributed by atoms with Crippen molar-refractivity contribution in [1.82, 2.24) is 4.31 Å². The van der Waals surface area contributed by atoms with Crippen LogP contribution in [0.2, 0.25) is 0 Å². The lowest BCUT2D eigenvalue weighted by Crippen LogP contribution is -2.41. The normalized spacial score (nSPS) is 16.1. The molecule has 1 amide bonds. The minimum absolute atomic E-state index is 0.0210. The Morgan fingerprint density at radius 1 is 0.970 bits per heavy atom. The summed E-state index contributed by atoms with van der Waals surface area (Å²) in [7, 11) is -3.63. The summed E-state index contributed by atoms with van der Waals surface area (Å²) in [4.78, 5) is 13.1. The van der Waals surface area contributed by atoms with Crippen LogP contribution in [0.3, 0.4) is 0 Å². The van der Waals surface area contributed by atoms with E-state index in [-0.39, 0.29) is 41.0 Å². The predicted molar refractivity (Wildman–Crippen MR) is 131 cm³/mol.